The molecule has 2 heterocycles. The van der Waals surface area contributed by atoms with Gasteiger partial charge in [-0.05, 0) is 102 Å². The summed E-state index contributed by atoms with van der Waals surface area (Å²) in [6.45, 7) is 1.54. The molecule has 1 aromatic heterocycles. The predicted octanol–water partition coefficient (Wildman–Crippen LogP) is 8.55. The van der Waals surface area contributed by atoms with E-state index in [-0.39, 0.29) is 41.3 Å². The highest BCUT2D eigenvalue weighted by atomic mass is 16.5. The van der Waals surface area contributed by atoms with E-state index < -0.39 is 6.10 Å². The van der Waals surface area contributed by atoms with Crippen LogP contribution in [0.25, 0.3) is 11.1 Å². The highest BCUT2D eigenvalue weighted by molar-refractivity contribution is 5.84. The Morgan fingerprint density at radius 3 is 2.56 bits per heavy atom. The van der Waals surface area contributed by atoms with Gasteiger partial charge >= 0.3 is 5.97 Å². The molecule has 9 heteroatoms. The molecule has 5 aromatic rings. The number of pyridine rings is 1. The minimum absolute atomic E-state index is 0.0340. The third-order valence-corrected chi connectivity index (χ3v) is 12.0. The van der Waals surface area contributed by atoms with Gasteiger partial charge in [-0.1, -0.05) is 54.6 Å². The summed E-state index contributed by atoms with van der Waals surface area (Å²) < 4.78 is 24.2. The number of aryl methyl sites for hydroxylation is 1. The van der Waals surface area contributed by atoms with Gasteiger partial charge in [-0.15, -0.1) is 0 Å². The first-order valence-electron chi connectivity index (χ1n) is 18.7. The van der Waals surface area contributed by atoms with Crippen LogP contribution in [0.3, 0.4) is 0 Å². The van der Waals surface area contributed by atoms with Gasteiger partial charge in [0.15, 0.2) is 11.5 Å². The van der Waals surface area contributed by atoms with E-state index in [0.717, 1.165) is 71.2 Å². The van der Waals surface area contributed by atoms with E-state index >= 15 is 0 Å². The molecule has 1 aliphatic heterocycles. The van der Waals surface area contributed by atoms with E-state index in [2.05, 4.69) is 53.5 Å². The molecule has 1 fully saturated rings. The Kier molecular flexibility index (Phi) is 9.34. The van der Waals surface area contributed by atoms with Crippen LogP contribution < -0.4 is 19.9 Å². The Morgan fingerprint density at radius 1 is 1.00 bits per heavy atom. The molecule has 8 rings (SSSR count). The summed E-state index contributed by atoms with van der Waals surface area (Å²) in [5.41, 5.74) is 14.2. The van der Waals surface area contributed by atoms with Crippen LogP contribution in [-0.2, 0) is 27.8 Å². The smallest absolute Gasteiger partial charge is 0.302 e. The summed E-state index contributed by atoms with van der Waals surface area (Å²) in [6.07, 6.45) is 6.86. The Labute approximate surface area is 315 Å². The van der Waals surface area contributed by atoms with Crippen LogP contribution in [0.15, 0.2) is 91.1 Å². The van der Waals surface area contributed by atoms with E-state index in [1.807, 2.05) is 24.4 Å². The number of fused-ring (bicyclic) bond motifs is 6. The Hall–Kier alpha value is -5.70. The normalized spacial score (nSPS) is 21.4. The summed E-state index contributed by atoms with van der Waals surface area (Å²) in [4.78, 5) is 16.7. The number of methoxy groups -OCH3 is 2. The molecule has 1 spiro atoms. The lowest BCUT2D eigenvalue weighted by Gasteiger charge is -2.39. The summed E-state index contributed by atoms with van der Waals surface area (Å²) in [5, 5.41) is 21.3. The van der Waals surface area contributed by atoms with Gasteiger partial charge in [-0.2, -0.15) is 0 Å². The zero-order chi connectivity index (χ0) is 37.6. The van der Waals surface area contributed by atoms with Crippen molar-refractivity contribution in [3.8, 4) is 39.9 Å². The van der Waals surface area contributed by atoms with Crippen molar-refractivity contribution < 1.29 is 34.0 Å². The van der Waals surface area contributed by atoms with Gasteiger partial charge in [0, 0.05) is 41.3 Å². The number of esters is 1. The number of aromatic hydroxyl groups is 2. The van der Waals surface area contributed by atoms with E-state index in [4.69, 9.17) is 24.7 Å². The van der Waals surface area contributed by atoms with Gasteiger partial charge in [0.2, 0.25) is 0 Å². The molecule has 2 aliphatic carbocycles. The maximum absolute atomic E-state index is 12.2. The second kappa shape index (κ2) is 14.3. The molecule has 0 radical (unpaired) electrons. The SMILES string of the molecule is COc1cc(C2Oc3c(ccc4c3C3(CCC(C(CCc5ccccc5)c5ccc(N)nc5)C3)Cc3cc(O)cc(OC)c3-4)C2COC(C)=O)ccc1O. The minimum Gasteiger partial charge on any atom is -0.508 e. The molecular weight excluding hydrogens is 681 g/mol. The maximum atomic E-state index is 12.2. The highest BCUT2D eigenvalue weighted by Crippen LogP contribution is 2.63. The first-order chi connectivity index (χ1) is 26.2. The number of rotatable bonds is 10. The van der Waals surface area contributed by atoms with Gasteiger partial charge in [0.25, 0.3) is 0 Å². The first kappa shape index (κ1) is 35.3. The summed E-state index contributed by atoms with van der Waals surface area (Å²) >= 11 is 0. The van der Waals surface area contributed by atoms with E-state index in [9.17, 15) is 15.0 Å². The van der Waals surface area contributed by atoms with Crippen molar-refractivity contribution in [2.45, 2.75) is 68.8 Å². The number of hydrogen-bond acceptors (Lipinski definition) is 9. The molecule has 1 saturated carbocycles. The van der Waals surface area contributed by atoms with Crippen molar-refractivity contribution in [1.29, 1.82) is 0 Å². The summed E-state index contributed by atoms with van der Waals surface area (Å²) in [5.74, 6) is 2.37. The molecule has 278 valence electrons. The number of anilines is 1. The zero-order valence-electron chi connectivity index (χ0n) is 30.9. The number of ether oxygens (including phenoxy) is 4. The molecule has 5 unspecified atom stereocenters. The van der Waals surface area contributed by atoms with Crippen LogP contribution >= 0.6 is 0 Å². The van der Waals surface area contributed by atoms with Crippen molar-refractivity contribution in [1.82, 2.24) is 4.98 Å². The molecule has 4 aromatic carbocycles. The number of carbonyl (C=O) groups excluding carboxylic acids is 1. The average molecular weight is 727 g/mol. The highest BCUT2D eigenvalue weighted by Gasteiger charge is 2.51. The average Bonchev–Trinajstić information content (AvgIpc) is 3.76. The third kappa shape index (κ3) is 6.35. The van der Waals surface area contributed by atoms with Crippen molar-refractivity contribution >= 4 is 11.8 Å². The number of nitrogens with zero attached hydrogens (tertiary/aromatic N) is 1. The Morgan fingerprint density at radius 2 is 1.81 bits per heavy atom. The van der Waals surface area contributed by atoms with E-state index in [1.165, 1.54) is 25.2 Å². The lowest BCUT2D eigenvalue weighted by atomic mass is 9.64. The predicted molar refractivity (Wildman–Crippen MR) is 206 cm³/mol. The van der Waals surface area contributed by atoms with Gasteiger partial charge in [0.05, 0.1) is 20.1 Å². The fourth-order valence-electron chi connectivity index (χ4n) is 9.57. The van der Waals surface area contributed by atoms with E-state index in [0.29, 0.717) is 29.7 Å². The lowest BCUT2D eigenvalue weighted by Crippen LogP contribution is -2.31. The van der Waals surface area contributed by atoms with Crippen LogP contribution in [0.2, 0.25) is 0 Å². The topological polar surface area (TPSA) is 133 Å². The number of benzene rings is 4. The summed E-state index contributed by atoms with van der Waals surface area (Å²) in [6, 6.07) is 27.7. The largest absolute Gasteiger partial charge is 0.508 e. The lowest BCUT2D eigenvalue weighted by molar-refractivity contribution is -0.141. The molecule has 3 aliphatic rings. The van der Waals surface area contributed by atoms with Crippen LogP contribution in [-0.4, -0.2) is 42.0 Å². The Balaban J connectivity index is 1.26. The van der Waals surface area contributed by atoms with Crippen molar-refractivity contribution in [3.63, 3.8) is 0 Å². The Bertz CT molecular complexity index is 2190. The molecule has 0 bridgehead atoms. The van der Waals surface area contributed by atoms with Crippen molar-refractivity contribution in [2.75, 3.05) is 26.6 Å². The minimum atomic E-state index is -0.503. The molecule has 9 nitrogen and oxygen atoms in total. The number of phenols is 2. The van der Waals surface area contributed by atoms with Crippen LogP contribution in [0, 0.1) is 5.92 Å². The van der Waals surface area contributed by atoms with Crippen molar-refractivity contribution in [3.05, 3.63) is 125 Å². The van der Waals surface area contributed by atoms with E-state index in [1.54, 1.807) is 25.3 Å². The number of nitrogens with two attached hydrogens (primary N) is 1. The third-order valence-electron chi connectivity index (χ3n) is 12.0. The number of carbonyl (C=O) groups is 1. The molecule has 0 saturated heterocycles. The number of hydrogen-bond donors (Lipinski definition) is 3. The molecule has 0 amide bonds. The second-order valence-corrected chi connectivity index (χ2v) is 15.1. The monoisotopic (exact) mass is 726 g/mol. The number of phenolic OH excluding ortho intramolecular Hbond substituents is 2. The number of nitrogen functional groups attached to an aromatic ring is 1. The quantitative estimate of drug-likeness (QED) is 0.121. The molecule has 54 heavy (non-hydrogen) atoms. The van der Waals surface area contributed by atoms with Crippen LogP contribution in [0.5, 0.6) is 28.7 Å². The molecular formula is C45H46N2O7. The van der Waals surface area contributed by atoms with Gasteiger partial charge in [-0.25, -0.2) is 4.98 Å². The first-order valence-corrected chi connectivity index (χ1v) is 18.7. The standard InChI is InChI=1S/C45H46N2O7/c1-26(48)53-25-36-34-13-14-35-41-31(19-32(49)21-39(41)52-3)23-45(42(35)44(34)54-43(36)28-10-15-37(50)38(20-28)51-2)18-17-29(22-45)33(30-11-16-40(46)47-24-30)12-9-27-7-5-4-6-8-27/h4-8,10-11,13-16,19-21,24,29,33,36,43,49-50H,9,12,17-18,22-23,25H2,1-3H3,(H2,46,47). The molecule has 4 N–H and O–H groups in total. The van der Waals surface area contributed by atoms with Gasteiger partial charge in [-0.3, -0.25) is 4.79 Å². The van der Waals surface area contributed by atoms with Crippen LogP contribution in [0.4, 0.5) is 5.82 Å². The zero-order valence-corrected chi connectivity index (χ0v) is 30.9. The maximum Gasteiger partial charge on any atom is 0.302 e. The van der Waals surface area contributed by atoms with Crippen molar-refractivity contribution in [2.24, 2.45) is 5.92 Å². The van der Waals surface area contributed by atoms with Gasteiger partial charge in [0.1, 0.15) is 35.8 Å². The fraction of sp³-hybridized carbons (Fsp3) is 0.333. The van der Waals surface area contributed by atoms with Gasteiger partial charge < -0.3 is 34.9 Å². The second-order valence-electron chi connectivity index (χ2n) is 15.1. The fourth-order valence-corrected chi connectivity index (χ4v) is 9.57. The number of aromatic nitrogens is 1. The van der Waals surface area contributed by atoms with Crippen LogP contribution in [0.1, 0.15) is 83.9 Å². The molecule has 5 atom stereocenters. The summed E-state index contributed by atoms with van der Waals surface area (Å²) in [7, 11) is 3.15.